The van der Waals surface area contributed by atoms with E-state index in [1.807, 2.05) is 0 Å². The second kappa shape index (κ2) is 13.1. The molecular weight excluding hydrogens is 496 g/mol. The van der Waals surface area contributed by atoms with Gasteiger partial charge in [-0.05, 0) is 91.3 Å². The molecule has 0 aromatic carbocycles. The number of carbonyl (C=O) groups excluding carboxylic acids is 1. The summed E-state index contributed by atoms with van der Waals surface area (Å²) in [6.07, 6.45) is 17.4. The van der Waals surface area contributed by atoms with Crippen LogP contribution in [-0.2, 0) is 4.74 Å². The summed E-state index contributed by atoms with van der Waals surface area (Å²) >= 11 is 0. The third-order valence-electron chi connectivity index (χ3n) is 12.4. The number of nitrogens with one attached hydrogen (secondary N) is 1. The lowest BCUT2D eigenvalue weighted by Crippen LogP contribution is -2.51. The zero-order chi connectivity index (χ0) is 29.1. The summed E-state index contributed by atoms with van der Waals surface area (Å²) in [5, 5.41) is 12.2. The van der Waals surface area contributed by atoms with Gasteiger partial charge in [0.15, 0.2) is 0 Å². The molecule has 2 N–H and O–H groups in total. The average molecular weight is 560 g/mol. The lowest BCUT2D eigenvalue weighted by Gasteiger charge is -2.58. The molecular formula is C35H63N2O3+. The zero-order valence-electron chi connectivity index (χ0n) is 27.1. The highest BCUT2D eigenvalue weighted by Gasteiger charge is 2.59. The highest BCUT2D eigenvalue weighted by molar-refractivity contribution is 5.67. The summed E-state index contributed by atoms with van der Waals surface area (Å²) in [7, 11) is 4.23. The third kappa shape index (κ3) is 6.93. The van der Waals surface area contributed by atoms with Gasteiger partial charge in [0.25, 0.3) is 0 Å². The van der Waals surface area contributed by atoms with Gasteiger partial charge >= 0.3 is 6.09 Å². The number of carbonyl (C=O) groups is 1. The Bertz CT molecular complexity index is 884. The van der Waals surface area contributed by atoms with Gasteiger partial charge in [0, 0.05) is 19.4 Å². The Kier molecular flexibility index (Phi) is 10.4. The van der Waals surface area contributed by atoms with Crippen LogP contribution in [0.1, 0.15) is 112 Å². The standard InChI is InChI=1S/C35H62N2O3/c1-25(2)10-8-11-26(3)30-14-15-31-29-13-12-27-24-28(16-18-34(27,4)32(29)17-19-35(30,31)5)40-33(39)36-20-9-21-37(6,7)22-23-38/h12,25-26,28-32,38H,8-11,13-24H2,1-7H3/p+1/t26-,28+,29+,30-,31+,32+,34+,35-/m1/s1. The molecule has 0 aromatic rings. The summed E-state index contributed by atoms with van der Waals surface area (Å²) < 4.78 is 6.70. The molecule has 40 heavy (non-hydrogen) atoms. The summed E-state index contributed by atoms with van der Waals surface area (Å²) in [6.45, 7) is 15.0. The van der Waals surface area contributed by atoms with Crippen LogP contribution in [0, 0.1) is 46.3 Å². The van der Waals surface area contributed by atoms with Gasteiger partial charge in [0.1, 0.15) is 12.6 Å². The van der Waals surface area contributed by atoms with Gasteiger partial charge in [-0.15, -0.1) is 0 Å². The molecule has 3 saturated carbocycles. The van der Waals surface area contributed by atoms with E-state index in [9.17, 15) is 9.90 Å². The second-order valence-corrected chi connectivity index (χ2v) is 15.9. The van der Waals surface area contributed by atoms with Gasteiger partial charge in [0.2, 0.25) is 0 Å². The first kappa shape index (κ1) is 31.9. The molecule has 3 fully saturated rings. The van der Waals surface area contributed by atoms with Gasteiger partial charge in [-0.2, -0.15) is 0 Å². The number of rotatable bonds is 12. The SMILES string of the molecule is CC(C)CCC[C@@H](C)[C@H]1CC[C@H]2[C@@H]3CC=C4C[C@@H](OC(=O)NCCC[N+](C)(C)CCO)CC[C@]4(C)[C@H]3CC[C@]12C. The molecule has 4 aliphatic rings. The van der Waals surface area contributed by atoms with Crippen molar-refractivity contribution in [1.82, 2.24) is 5.32 Å². The van der Waals surface area contributed by atoms with Crippen molar-refractivity contribution in [2.75, 3.05) is 40.3 Å². The van der Waals surface area contributed by atoms with E-state index >= 15 is 0 Å². The van der Waals surface area contributed by atoms with E-state index in [1.54, 1.807) is 5.57 Å². The first-order valence-electron chi connectivity index (χ1n) is 17.0. The minimum absolute atomic E-state index is 0.00823. The van der Waals surface area contributed by atoms with Crippen LogP contribution in [0.15, 0.2) is 11.6 Å². The number of ether oxygens (including phenoxy) is 1. The molecule has 0 heterocycles. The predicted molar refractivity (Wildman–Crippen MR) is 165 cm³/mol. The maximum atomic E-state index is 12.6. The molecule has 0 aliphatic heterocycles. The molecule has 0 bridgehead atoms. The smallest absolute Gasteiger partial charge is 0.407 e. The van der Waals surface area contributed by atoms with E-state index in [4.69, 9.17) is 4.74 Å². The fourth-order valence-electron chi connectivity index (χ4n) is 10.0. The Labute approximate surface area is 246 Å². The fraction of sp³-hybridized carbons (Fsp3) is 0.914. The molecule has 5 nitrogen and oxygen atoms in total. The van der Waals surface area contributed by atoms with E-state index < -0.39 is 0 Å². The molecule has 0 unspecified atom stereocenters. The Morgan fingerprint density at radius 1 is 1.05 bits per heavy atom. The summed E-state index contributed by atoms with van der Waals surface area (Å²) in [4.78, 5) is 12.6. The van der Waals surface area contributed by atoms with Crippen LogP contribution in [0.25, 0.3) is 0 Å². The number of allylic oxidation sites excluding steroid dienone is 1. The number of fused-ring (bicyclic) bond motifs is 5. The first-order chi connectivity index (χ1) is 18.9. The molecule has 0 aromatic heterocycles. The lowest BCUT2D eigenvalue weighted by atomic mass is 9.47. The molecule has 4 aliphatic carbocycles. The maximum absolute atomic E-state index is 12.6. The van der Waals surface area contributed by atoms with Crippen molar-refractivity contribution in [3.8, 4) is 0 Å². The molecule has 4 rings (SSSR count). The van der Waals surface area contributed by atoms with E-state index in [1.165, 1.54) is 51.4 Å². The number of quaternary nitrogens is 1. The highest BCUT2D eigenvalue weighted by Crippen LogP contribution is 2.67. The predicted octanol–water partition coefficient (Wildman–Crippen LogP) is 7.58. The van der Waals surface area contributed by atoms with Gasteiger partial charge < -0.3 is 19.6 Å². The Morgan fingerprint density at radius 2 is 1.82 bits per heavy atom. The van der Waals surface area contributed by atoms with Crippen LogP contribution in [0.5, 0.6) is 0 Å². The summed E-state index contributed by atoms with van der Waals surface area (Å²) in [6, 6.07) is 0. The molecule has 8 atom stereocenters. The van der Waals surface area contributed by atoms with E-state index in [-0.39, 0.29) is 24.2 Å². The number of alkyl carbamates (subject to hydrolysis) is 1. The number of aliphatic hydroxyl groups is 1. The largest absolute Gasteiger partial charge is 0.446 e. The van der Waals surface area contributed by atoms with Crippen LogP contribution in [0.2, 0.25) is 0 Å². The summed E-state index contributed by atoms with van der Waals surface area (Å²) in [5.41, 5.74) is 2.41. The van der Waals surface area contributed by atoms with Crippen LogP contribution in [0.4, 0.5) is 4.79 Å². The Morgan fingerprint density at radius 3 is 2.55 bits per heavy atom. The monoisotopic (exact) mass is 559 g/mol. The topological polar surface area (TPSA) is 58.6 Å². The highest BCUT2D eigenvalue weighted by atomic mass is 16.6. The molecule has 1 amide bonds. The Balaban J connectivity index is 1.30. The quantitative estimate of drug-likeness (QED) is 0.147. The molecule has 5 heteroatoms. The normalized spacial score (nSPS) is 36.3. The summed E-state index contributed by atoms with van der Waals surface area (Å²) in [5.74, 6) is 5.13. The molecule has 0 radical (unpaired) electrons. The van der Waals surface area contributed by atoms with Crippen molar-refractivity contribution in [1.29, 1.82) is 0 Å². The second-order valence-electron chi connectivity index (χ2n) is 15.9. The number of nitrogens with zero attached hydrogens (tertiary/aromatic N) is 1. The van der Waals surface area contributed by atoms with Crippen molar-refractivity contribution in [3.63, 3.8) is 0 Å². The van der Waals surface area contributed by atoms with Crippen molar-refractivity contribution in [3.05, 3.63) is 11.6 Å². The van der Waals surface area contributed by atoms with Crippen LogP contribution < -0.4 is 5.32 Å². The minimum Gasteiger partial charge on any atom is -0.446 e. The van der Waals surface area contributed by atoms with E-state index in [2.05, 4.69) is 60.1 Å². The number of likely N-dealkylation sites (N-methyl/N-ethyl adjacent to an activating group) is 1. The molecule has 0 spiro atoms. The first-order valence-corrected chi connectivity index (χ1v) is 17.0. The fourth-order valence-corrected chi connectivity index (χ4v) is 10.0. The Hall–Kier alpha value is -1.07. The van der Waals surface area contributed by atoms with Crippen molar-refractivity contribution in [2.24, 2.45) is 46.3 Å². The van der Waals surface area contributed by atoms with Gasteiger partial charge in [-0.25, -0.2) is 4.79 Å². The van der Waals surface area contributed by atoms with E-state index in [0.717, 1.165) is 78.8 Å². The van der Waals surface area contributed by atoms with Crippen LogP contribution in [-0.4, -0.2) is 62.1 Å². The molecule has 0 saturated heterocycles. The van der Waals surface area contributed by atoms with Gasteiger partial charge in [-0.1, -0.05) is 65.5 Å². The van der Waals surface area contributed by atoms with E-state index in [0.29, 0.717) is 12.0 Å². The number of hydrogen-bond donors (Lipinski definition) is 2. The lowest BCUT2D eigenvalue weighted by molar-refractivity contribution is -0.890. The van der Waals surface area contributed by atoms with Crippen LogP contribution >= 0.6 is 0 Å². The number of amides is 1. The van der Waals surface area contributed by atoms with Crippen LogP contribution in [0.3, 0.4) is 0 Å². The number of hydrogen-bond acceptors (Lipinski definition) is 3. The maximum Gasteiger partial charge on any atom is 0.407 e. The van der Waals surface area contributed by atoms with Crippen molar-refractivity contribution < 1.29 is 19.1 Å². The average Bonchev–Trinajstić information content (AvgIpc) is 3.24. The minimum atomic E-state index is -0.261. The molecule has 230 valence electrons. The zero-order valence-corrected chi connectivity index (χ0v) is 27.1. The third-order valence-corrected chi connectivity index (χ3v) is 12.4. The van der Waals surface area contributed by atoms with Gasteiger partial charge in [-0.3, -0.25) is 0 Å². The van der Waals surface area contributed by atoms with Gasteiger partial charge in [0.05, 0.1) is 27.2 Å². The number of aliphatic hydroxyl groups excluding tert-OH is 1. The van der Waals surface area contributed by atoms with Crippen molar-refractivity contribution >= 4 is 6.09 Å². The van der Waals surface area contributed by atoms with Crippen molar-refractivity contribution in [2.45, 2.75) is 118 Å².